The van der Waals surface area contributed by atoms with Crippen molar-refractivity contribution in [1.82, 2.24) is 9.88 Å². The van der Waals surface area contributed by atoms with Gasteiger partial charge in [-0.15, -0.1) is 0 Å². The van der Waals surface area contributed by atoms with Crippen molar-refractivity contribution in [3.8, 4) is 0 Å². The molecule has 1 saturated heterocycles. The van der Waals surface area contributed by atoms with Crippen molar-refractivity contribution in [2.24, 2.45) is 5.92 Å². The van der Waals surface area contributed by atoms with Crippen LogP contribution < -0.4 is 5.32 Å². The van der Waals surface area contributed by atoms with E-state index in [1.165, 1.54) is 0 Å². The summed E-state index contributed by atoms with van der Waals surface area (Å²) in [5.41, 5.74) is 1.28. The van der Waals surface area contributed by atoms with Crippen LogP contribution >= 0.6 is 11.6 Å². The molecule has 0 spiro atoms. The zero-order valence-electron chi connectivity index (χ0n) is 11.6. The van der Waals surface area contributed by atoms with Gasteiger partial charge in [-0.1, -0.05) is 18.5 Å². The summed E-state index contributed by atoms with van der Waals surface area (Å²) in [5.74, 6) is 0.572. The third-order valence-electron chi connectivity index (χ3n) is 4.56. The Labute approximate surface area is 115 Å². The molecule has 1 aliphatic rings. The maximum Gasteiger partial charge on any atom is 0.131 e. The quantitative estimate of drug-likeness (QED) is 0.834. The third-order valence-corrected chi connectivity index (χ3v) is 4.76. The maximum absolute atomic E-state index is 5.92. The summed E-state index contributed by atoms with van der Waals surface area (Å²) in [7, 11) is 2.20. The second kappa shape index (κ2) is 5.06. The molecule has 1 aromatic rings. The summed E-state index contributed by atoms with van der Waals surface area (Å²) >= 11 is 5.92. The van der Waals surface area contributed by atoms with Crippen molar-refractivity contribution in [2.45, 2.75) is 38.8 Å². The molecule has 0 amide bonds. The molecule has 1 N–H and O–H groups in total. The molecular formula is C14H22ClN3. The van der Waals surface area contributed by atoms with Crippen LogP contribution in [0.5, 0.6) is 0 Å². The largest absolute Gasteiger partial charge is 0.382 e. The summed E-state index contributed by atoms with van der Waals surface area (Å²) in [6.07, 6.45) is 2.90. The van der Waals surface area contributed by atoms with Gasteiger partial charge in [-0.3, -0.25) is 0 Å². The molecule has 0 aromatic carbocycles. The van der Waals surface area contributed by atoms with Gasteiger partial charge in [0.1, 0.15) is 5.15 Å². The average Bonchev–Trinajstić information content (AvgIpc) is 2.31. The molecule has 1 fully saturated rings. The molecule has 100 valence electrons. The van der Waals surface area contributed by atoms with Gasteiger partial charge in [0, 0.05) is 30.0 Å². The number of rotatable bonds is 2. The first kappa shape index (κ1) is 13.6. The summed E-state index contributed by atoms with van der Waals surface area (Å²) in [6.45, 7) is 8.06. The fraction of sp³-hybridized carbons (Fsp3) is 0.643. The smallest absolute Gasteiger partial charge is 0.131 e. The van der Waals surface area contributed by atoms with Crippen LogP contribution in [0.2, 0.25) is 5.15 Å². The number of likely N-dealkylation sites (tertiary alicyclic amines) is 1. The first-order chi connectivity index (χ1) is 8.41. The van der Waals surface area contributed by atoms with Crippen LogP contribution in [0.1, 0.15) is 27.2 Å². The summed E-state index contributed by atoms with van der Waals surface area (Å²) < 4.78 is 0. The number of piperidine rings is 1. The highest BCUT2D eigenvalue weighted by Gasteiger charge is 2.39. The Balaban J connectivity index is 2.10. The molecule has 2 rings (SSSR count). The Morgan fingerprint density at radius 3 is 2.89 bits per heavy atom. The SMILES string of the molecule is CC1C(Nc2ccnc(Cl)c2)CCN(C)C1(C)C. The normalized spacial score (nSPS) is 28.1. The summed E-state index contributed by atoms with van der Waals surface area (Å²) in [5, 5.41) is 4.14. The van der Waals surface area contributed by atoms with E-state index in [0.29, 0.717) is 17.1 Å². The second-order valence-corrected chi connectivity index (χ2v) is 6.16. The van der Waals surface area contributed by atoms with Crippen molar-refractivity contribution >= 4 is 17.3 Å². The number of hydrogen-bond acceptors (Lipinski definition) is 3. The molecular weight excluding hydrogens is 246 g/mol. The number of nitrogens with one attached hydrogen (secondary N) is 1. The van der Waals surface area contributed by atoms with E-state index >= 15 is 0 Å². The molecule has 1 aromatic heterocycles. The Bertz CT molecular complexity index is 419. The van der Waals surface area contributed by atoms with Crippen molar-refractivity contribution in [3.63, 3.8) is 0 Å². The molecule has 2 heterocycles. The highest BCUT2D eigenvalue weighted by atomic mass is 35.5. The van der Waals surface area contributed by atoms with Gasteiger partial charge >= 0.3 is 0 Å². The van der Waals surface area contributed by atoms with E-state index in [1.54, 1.807) is 6.20 Å². The monoisotopic (exact) mass is 267 g/mol. The molecule has 0 aliphatic carbocycles. The van der Waals surface area contributed by atoms with Gasteiger partial charge < -0.3 is 10.2 Å². The van der Waals surface area contributed by atoms with Crippen LogP contribution in [0.15, 0.2) is 18.3 Å². The fourth-order valence-corrected chi connectivity index (χ4v) is 2.79. The first-order valence-corrected chi connectivity index (χ1v) is 6.88. The highest BCUT2D eigenvalue weighted by molar-refractivity contribution is 6.29. The van der Waals surface area contributed by atoms with Gasteiger partial charge in [-0.2, -0.15) is 0 Å². The van der Waals surface area contributed by atoms with Crippen LogP contribution in [-0.4, -0.2) is 35.1 Å². The number of aromatic nitrogens is 1. The molecule has 0 radical (unpaired) electrons. The number of anilines is 1. The molecule has 1 aliphatic heterocycles. The van der Waals surface area contributed by atoms with Crippen LogP contribution in [-0.2, 0) is 0 Å². The Morgan fingerprint density at radius 1 is 1.50 bits per heavy atom. The van der Waals surface area contributed by atoms with Gasteiger partial charge in [0.15, 0.2) is 0 Å². The first-order valence-electron chi connectivity index (χ1n) is 6.50. The average molecular weight is 268 g/mol. The lowest BCUT2D eigenvalue weighted by Crippen LogP contribution is -2.57. The second-order valence-electron chi connectivity index (χ2n) is 5.77. The predicted octanol–water partition coefficient (Wildman–Crippen LogP) is 3.27. The van der Waals surface area contributed by atoms with E-state index in [4.69, 9.17) is 11.6 Å². The zero-order chi connectivity index (χ0) is 13.3. The minimum absolute atomic E-state index is 0.215. The topological polar surface area (TPSA) is 28.2 Å². The lowest BCUT2D eigenvalue weighted by molar-refractivity contribution is 0.0459. The van der Waals surface area contributed by atoms with E-state index in [1.807, 2.05) is 12.1 Å². The maximum atomic E-state index is 5.92. The van der Waals surface area contributed by atoms with Gasteiger partial charge in [0.25, 0.3) is 0 Å². The minimum Gasteiger partial charge on any atom is -0.382 e. The minimum atomic E-state index is 0.215. The lowest BCUT2D eigenvalue weighted by Gasteiger charge is -2.49. The standard InChI is InChI=1S/C14H22ClN3/c1-10-12(6-8-18(4)14(10,2)3)17-11-5-7-16-13(15)9-11/h5,7,9-10,12H,6,8H2,1-4H3,(H,16,17). The summed E-state index contributed by atoms with van der Waals surface area (Å²) in [6, 6.07) is 4.35. The molecule has 0 bridgehead atoms. The number of hydrogen-bond donors (Lipinski definition) is 1. The lowest BCUT2D eigenvalue weighted by atomic mass is 9.77. The predicted molar refractivity (Wildman–Crippen MR) is 77.1 cm³/mol. The van der Waals surface area contributed by atoms with Gasteiger partial charge in [0.2, 0.25) is 0 Å². The fourth-order valence-electron chi connectivity index (χ4n) is 2.61. The molecule has 3 nitrogen and oxygen atoms in total. The van der Waals surface area contributed by atoms with Gasteiger partial charge in [0.05, 0.1) is 0 Å². The van der Waals surface area contributed by atoms with Crippen LogP contribution in [0, 0.1) is 5.92 Å². The van der Waals surface area contributed by atoms with E-state index in [0.717, 1.165) is 18.7 Å². The molecule has 18 heavy (non-hydrogen) atoms. The molecule has 0 saturated carbocycles. The van der Waals surface area contributed by atoms with Crippen molar-refractivity contribution in [2.75, 3.05) is 18.9 Å². The Morgan fingerprint density at radius 2 is 2.22 bits per heavy atom. The van der Waals surface area contributed by atoms with Gasteiger partial charge in [-0.05, 0) is 45.4 Å². The van der Waals surface area contributed by atoms with Crippen LogP contribution in [0.3, 0.4) is 0 Å². The van der Waals surface area contributed by atoms with Gasteiger partial charge in [-0.25, -0.2) is 4.98 Å². The molecule has 4 heteroatoms. The van der Waals surface area contributed by atoms with Crippen molar-refractivity contribution in [1.29, 1.82) is 0 Å². The van der Waals surface area contributed by atoms with Crippen molar-refractivity contribution in [3.05, 3.63) is 23.5 Å². The molecule has 2 atom stereocenters. The van der Waals surface area contributed by atoms with Crippen molar-refractivity contribution < 1.29 is 0 Å². The van der Waals surface area contributed by atoms with Crippen LogP contribution in [0.25, 0.3) is 0 Å². The zero-order valence-corrected chi connectivity index (χ0v) is 12.3. The van der Waals surface area contributed by atoms with E-state index in [-0.39, 0.29) is 5.54 Å². The highest BCUT2D eigenvalue weighted by Crippen LogP contribution is 2.33. The number of halogens is 1. The third kappa shape index (κ3) is 2.62. The van der Waals surface area contributed by atoms with Crippen LogP contribution in [0.4, 0.5) is 5.69 Å². The Kier molecular flexibility index (Phi) is 3.83. The summed E-state index contributed by atoms with van der Waals surface area (Å²) in [4.78, 5) is 6.45. The Hall–Kier alpha value is -0.800. The van der Waals surface area contributed by atoms with E-state index < -0.39 is 0 Å². The number of pyridine rings is 1. The van der Waals surface area contributed by atoms with E-state index in [9.17, 15) is 0 Å². The molecule has 2 unspecified atom stereocenters. The number of nitrogens with zero attached hydrogens (tertiary/aromatic N) is 2. The van der Waals surface area contributed by atoms with E-state index in [2.05, 4.69) is 43.0 Å².